The molecule has 0 saturated heterocycles. The number of anilines is 1. The number of aromatic nitrogens is 4. The predicted molar refractivity (Wildman–Crippen MR) is 78.8 cm³/mol. The zero-order chi connectivity index (χ0) is 14.8. The lowest BCUT2D eigenvalue weighted by Crippen LogP contribution is -2.12. The van der Waals surface area contributed by atoms with Crippen molar-refractivity contribution in [2.24, 2.45) is 0 Å². The van der Waals surface area contributed by atoms with Crippen LogP contribution in [-0.2, 0) is 0 Å². The number of benzene rings is 1. The molecule has 0 aliphatic heterocycles. The van der Waals surface area contributed by atoms with Crippen LogP contribution in [0.25, 0.3) is 4.96 Å². The molecule has 0 radical (unpaired) electrons. The Balaban J connectivity index is 1.70. The number of hydrogen-bond donors (Lipinski definition) is 1. The fourth-order valence-corrected chi connectivity index (χ4v) is 2.44. The average molecular weight is 303 g/mol. The first-order valence-corrected chi connectivity index (χ1v) is 7.18. The first-order chi connectivity index (χ1) is 10.1. The Morgan fingerprint density at radius 1 is 1.33 bits per heavy atom. The van der Waals surface area contributed by atoms with E-state index in [0.717, 1.165) is 5.75 Å². The van der Waals surface area contributed by atoms with Crippen molar-refractivity contribution in [3.63, 3.8) is 0 Å². The van der Waals surface area contributed by atoms with Gasteiger partial charge in [0.2, 0.25) is 9.97 Å². The molecule has 0 aliphatic carbocycles. The second-order valence-corrected chi connectivity index (χ2v) is 5.57. The number of fused-ring (bicyclic) bond motifs is 1. The van der Waals surface area contributed by atoms with Gasteiger partial charge in [-0.15, -0.1) is 15.3 Å². The van der Waals surface area contributed by atoms with Crippen molar-refractivity contribution in [2.75, 3.05) is 5.32 Å². The Morgan fingerprint density at radius 2 is 2.10 bits per heavy atom. The van der Waals surface area contributed by atoms with Crippen molar-refractivity contribution >= 4 is 27.9 Å². The number of ether oxygens (including phenoxy) is 1. The van der Waals surface area contributed by atoms with E-state index in [9.17, 15) is 4.79 Å². The van der Waals surface area contributed by atoms with Gasteiger partial charge in [-0.2, -0.15) is 4.52 Å². The maximum absolute atomic E-state index is 12.1. The average Bonchev–Trinajstić information content (AvgIpc) is 3.01. The second kappa shape index (κ2) is 5.49. The highest BCUT2D eigenvalue weighted by atomic mass is 32.1. The number of nitrogens with one attached hydrogen (secondary N) is 1. The molecule has 1 aromatic carbocycles. The Bertz CT molecular complexity index is 734. The molecule has 0 spiro atoms. The summed E-state index contributed by atoms with van der Waals surface area (Å²) in [5.74, 6) is 0.491. The maximum atomic E-state index is 12.1. The van der Waals surface area contributed by atoms with Crippen LogP contribution in [0.3, 0.4) is 0 Å². The number of amides is 1. The molecule has 7 nitrogen and oxygen atoms in total. The van der Waals surface area contributed by atoms with Crippen LogP contribution in [-0.4, -0.2) is 31.8 Å². The highest BCUT2D eigenvalue weighted by Gasteiger charge is 2.13. The Hall–Kier alpha value is -2.48. The molecular weight excluding hydrogens is 290 g/mol. The number of carbonyl (C=O) groups is 1. The molecule has 2 heterocycles. The van der Waals surface area contributed by atoms with Crippen LogP contribution in [0, 0.1) is 0 Å². The first-order valence-electron chi connectivity index (χ1n) is 6.37. The molecule has 108 valence electrons. The zero-order valence-corrected chi connectivity index (χ0v) is 12.3. The molecule has 1 N–H and O–H groups in total. The van der Waals surface area contributed by atoms with E-state index >= 15 is 0 Å². The molecule has 0 aliphatic rings. The molecule has 0 fully saturated rings. The van der Waals surface area contributed by atoms with E-state index in [1.807, 2.05) is 26.0 Å². The highest BCUT2D eigenvalue weighted by Crippen LogP contribution is 2.18. The summed E-state index contributed by atoms with van der Waals surface area (Å²) >= 11 is 1.18. The van der Waals surface area contributed by atoms with Gasteiger partial charge in [0.15, 0.2) is 0 Å². The van der Waals surface area contributed by atoms with E-state index in [-0.39, 0.29) is 12.0 Å². The number of nitrogens with zero attached hydrogens (tertiary/aromatic N) is 4. The van der Waals surface area contributed by atoms with Crippen LogP contribution < -0.4 is 10.1 Å². The molecule has 0 unspecified atom stereocenters. The Kier molecular flexibility index (Phi) is 3.53. The smallest absolute Gasteiger partial charge is 0.286 e. The third-order valence-corrected chi connectivity index (χ3v) is 3.48. The maximum Gasteiger partial charge on any atom is 0.286 e. The van der Waals surface area contributed by atoms with Crippen molar-refractivity contribution in [1.29, 1.82) is 0 Å². The van der Waals surface area contributed by atoms with Gasteiger partial charge in [-0.1, -0.05) is 11.3 Å². The van der Waals surface area contributed by atoms with Gasteiger partial charge >= 0.3 is 0 Å². The first kappa shape index (κ1) is 13.5. The Labute approximate surface area is 124 Å². The van der Waals surface area contributed by atoms with Crippen LogP contribution in [0.1, 0.15) is 23.6 Å². The van der Waals surface area contributed by atoms with Crippen molar-refractivity contribution in [3.8, 4) is 5.75 Å². The molecule has 2 aromatic heterocycles. The summed E-state index contributed by atoms with van der Waals surface area (Å²) in [6.45, 7) is 3.92. The lowest BCUT2D eigenvalue weighted by molar-refractivity contribution is 0.102. The number of carbonyl (C=O) groups excluding carboxylic acids is 1. The van der Waals surface area contributed by atoms with E-state index in [1.165, 1.54) is 22.2 Å². The second-order valence-electron chi connectivity index (χ2n) is 4.61. The predicted octanol–water partition coefficient (Wildman–Crippen LogP) is 2.23. The third kappa shape index (κ3) is 3.00. The van der Waals surface area contributed by atoms with Crippen molar-refractivity contribution < 1.29 is 9.53 Å². The molecule has 3 aromatic rings. The van der Waals surface area contributed by atoms with Gasteiger partial charge in [0, 0.05) is 5.69 Å². The van der Waals surface area contributed by atoms with E-state index in [4.69, 9.17) is 4.74 Å². The van der Waals surface area contributed by atoms with E-state index < -0.39 is 0 Å². The summed E-state index contributed by atoms with van der Waals surface area (Å²) in [6, 6.07) is 7.20. The van der Waals surface area contributed by atoms with Gasteiger partial charge in [-0.05, 0) is 38.1 Å². The summed E-state index contributed by atoms with van der Waals surface area (Å²) < 4.78 is 7.02. The van der Waals surface area contributed by atoms with Crippen molar-refractivity contribution in [3.05, 3.63) is 35.6 Å². The third-order valence-electron chi connectivity index (χ3n) is 2.57. The van der Waals surface area contributed by atoms with Gasteiger partial charge in [-0.25, -0.2) is 0 Å². The van der Waals surface area contributed by atoms with E-state index in [2.05, 4.69) is 20.6 Å². The van der Waals surface area contributed by atoms with Gasteiger partial charge in [0.05, 0.1) is 6.10 Å². The summed E-state index contributed by atoms with van der Waals surface area (Å²) in [5.41, 5.74) is 0.682. The summed E-state index contributed by atoms with van der Waals surface area (Å²) in [7, 11) is 0. The fourth-order valence-electron chi connectivity index (χ4n) is 1.73. The van der Waals surface area contributed by atoms with Gasteiger partial charge in [0.1, 0.15) is 12.1 Å². The largest absolute Gasteiger partial charge is 0.491 e. The molecule has 0 bridgehead atoms. The fraction of sp³-hybridized carbons (Fsp3) is 0.231. The summed E-state index contributed by atoms with van der Waals surface area (Å²) in [4.78, 5) is 12.7. The molecule has 21 heavy (non-hydrogen) atoms. The minimum absolute atomic E-state index is 0.116. The zero-order valence-electron chi connectivity index (χ0n) is 11.5. The highest BCUT2D eigenvalue weighted by molar-refractivity contribution is 7.18. The quantitative estimate of drug-likeness (QED) is 0.799. The molecular formula is C13H13N5O2S. The van der Waals surface area contributed by atoms with Crippen LogP contribution >= 0.6 is 11.3 Å². The lowest BCUT2D eigenvalue weighted by atomic mass is 10.3. The topological polar surface area (TPSA) is 81.4 Å². The monoisotopic (exact) mass is 303 g/mol. The Morgan fingerprint density at radius 3 is 2.76 bits per heavy atom. The minimum Gasteiger partial charge on any atom is -0.491 e. The molecule has 0 saturated carbocycles. The normalized spacial score (nSPS) is 11.0. The van der Waals surface area contributed by atoms with Gasteiger partial charge < -0.3 is 10.1 Å². The molecule has 8 heteroatoms. The van der Waals surface area contributed by atoms with E-state index in [1.54, 1.807) is 12.1 Å². The van der Waals surface area contributed by atoms with E-state index in [0.29, 0.717) is 15.7 Å². The minimum atomic E-state index is -0.275. The molecule has 3 rings (SSSR count). The number of rotatable bonds is 4. The molecule has 0 atom stereocenters. The van der Waals surface area contributed by atoms with Crippen molar-refractivity contribution in [2.45, 2.75) is 20.0 Å². The SMILES string of the molecule is CC(C)Oc1ccc(NC(=O)c2nn3cnnc3s2)cc1. The van der Waals surface area contributed by atoms with Crippen molar-refractivity contribution in [1.82, 2.24) is 19.8 Å². The number of hydrogen-bond acceptors (Lipinski definition) is 6. The standard InChI is InChI=1S/C13H13N5O2S/c1-8(2)20-10-5-3-9(4-6-10)15-11(19)12-17-18-7-14-16-13(18)21-12/h3-8H,1-2H3,(H,15,19). The van der Waals surface area contributed by atoms with Gasteiger partial charge in [0.25, 0.3) is 5.91 Å². The van der Waals surface area contributed by atoms with Crippen LogP contribution in [0.4, 0.5) is 5.69 Å². The lowest BCUT2D eigenvalue weighted by Gasteiger charge is -2.10. The summed E-state index contributed by atoms with van der Waals surface area (Å²) in [6.07, 6.45) is 1.58. The van der Waals surface area contributed by atoms with Gasteiger partial charge in [-0.3, -0.25) is 4.79 Å². The summed E-state index contributed by atoms with van der Waals surface area (Å²) in [5, 5.41) is 14.8. The van der Waals surface area contributed by atoms with Crippen LogP contribution in [0.2, 0.25) is 0 Å². The van der Waals surface area contributed by atoms with Crippen LogP contribution in [0.15, 0.2) is 30.6 Å². The van der Waals surface area contributed by atoms with Crippen LogP contribution in [0.5, 0.6) is 5.75 Å². The molecule has 1 amide bonds.